The molecule has 4 nitrogen and oxygen atoms in total. The van der Waals surface area contributed by atoms with Crippen LogP contribution in [0.3, 0.4) is 0 Å². The Bertz CT molecular complexity index is 112. The number of rotatable bonds is 7. The summed E-state index contributed by atoms with van der Waals surface area (Å²) in [5.41, 5.74) is 0. The molecule has 0 aromatic heterocycles. The Morgan fingerprint density at radius 1 is 1.00 bits per heavy atom. The summed E-state index contributed by atoms with van der Waals surface area (Å²) in [7, 11) is 0. The molecule has 76 valence electrons. The summed E-state index contributed by atoms with van der Waals surface area (Å²) in [4.78, 5) is 10.6. The van der Waals surface area contributed by atoms with Crippen molar-refractivity contribution >= 4 is 6.29 Å². The van der Waals surface area contributed by atoms with Gasteiger partial charge in [0.25, 0.3) is 0 Å². The monoisotopic (exact) mass is 266 g/mol. The maximum atomic E-state index is 10.6. The summed E-state index contributed by atoms with van der Waals surface area (Å²) >= 11 is 0. The second-order valence-corrected chi connectivity index (χ2v) is 2.02. The molecule has 0 aromatic carbocycles. The second kappa shape index (κ2) is 9.01. The molecule has 0 fully saturated rings. The van der Waals surface area contributed by atoms with Crippen LogP contribution < -0.4 is 0 Å². The predicted molar refractivity (Wildman–Crippen MR) is 43.7 cm³/mol. The van der Waals surface area contributed by atoms with Crippen LogP contribution in [0.25, 0.3) is 0 Å². The Labute approximate surface area is 98.0 Å². The van der Waals surface area contributed by atoms with Crippen LogP contribution in [0.15, 0.2) is 0 Å². The Morgan fingerprint density at radius 2 is 1.31 bits per heavy atom. The topological polar surface area (TPSA) is 44.8 Å². The van der Waals surface area contributed by atoms with E-state index >= 15 is 0 Å². The third-order valence-electron chi connectivity index (χ3n) is 1.18. The number of aldehydes is 1. The number of carbonyl (C=O) groups is 1. The molecule has 0 aliphatic rings. The molecule has 0 spiro atoms. The minimum Gasteiger partial charge on any atom is -0.322 e. The molecule has 0 unspecified atom stereocenters. The summed E-state index contributed by atoms with van der Waals surface area (Å²) in [6.45, 7) is 6.44. The van der Waals surface area contributed by atoms with Crippen molar-refractivity contribution in [1.82, 2.24) is 0 Å². The van der Waals surface area contributed by atoms with Crippen LogP contribution in [-0.4, -0.2) is 32.1 Å². The van der Waals surface area contributed by atoms with Crippen molar-refractivity contribution in [3.8, 4) is 0 Å². The van der Waals surface area contributed by atoms with E-state index in [-0.39, 0.29) is 26.2 Å². The van der Waals surface area contributed by atoms with Gasteiger partial charge in [-0.2, -0.15) is 0 Å². The van der Waals surface area contributed by atoms with E-state index in [1.807, 2.05) is 0 Å². The number of ether oxygens (including phenoxy) is 3. The molecule has 0 bridgehead atoms. The minimum atomic E-state index is -1.49. The molecule has 5 heteroatoms. The number of carbonyl (C=O) groups excluding carboxylic acids is 1. The fourth-order valence-electron chi connectivity index (χ4n) is 0.831. The zero-order chi connectivity index (χ0) is 9.45. The number of hydrogen-bond acceptors (Lipinski definition) is 4. The first kappa shape index (κ1) is 15.9. The van der Waals surface area contributed by atoms with E-state index in [2.05, 4.69) is 0 Å². The molecule has 0 aliphatic heterocycles. The van der Waals surface area contributed by atoms with E-state index in [1.165, 1.54) is 0 Å². The fraction of sp³-hybridized carbons (Fsp3) is 0.875. The summed E-state index contributed by atoms with van der Waals surface area (Å²) in [6.07, 6.45) is 0.531. The van der Waals surface area contributed by atoms with Crippen LogP contribution >= 0.6 is 0 Å². The van der Waals surface area contributed by atoms with Crippen molar-refractivity contribution in [1.29, 1.82) is 0 Å². The van der Waals surface area contributed by atoms with E-state index in [1.54, 1.807) is 20.8 Å². The van der Waals surface area contributed by atoms with Crippen LogP contribution in [-0.2, 0) is 45.2 Å². The molecule has 13 heavy (non-hydrogen) atoms. The van der Waals surface area contributed by atoms with E-state index in [4.69, 9.17) is 14.2 Å². The first-order valence-corrected chi connectivity index (χ1v) is 4.12. The molecule has 0 aliphatic carbocycles. The van der Waals surface area contributed by atoms with Crippen LogP contribution in [0.4, 0.5) is 0 Å². The van der Waals surface area contributed by atoms with Crippen molar-refractivity contribution < 1.29 is 45.2 Å². The molecule has 0 saturated carbocycles. The number of hydrogen-bond donors (Lipinski definition) is 0. The van der Waals surface area contributed by atoms with Crippen molar-refractivity contribution in [3.63, 3.8) is 0 Å². The summed E-state index contributed by atoms with van der Waals surface area (Å²) < 4.78 is 15.1. The average molecular weight is 267 g/mol. The SMILES string of the molecule is CCOC(C=O)(OCC)OCC.[Zr]. The van der Waals surface area contributed by atoms with Crippen molar-refractivity contribution in [2.24, 2.45) is 0 Å². The quantitative estimate of drug-likeness (QED) is 0.509. The smallest absolute Gasteiger partial charge is 0.322 e. The van der Waals surface area contributed by atoms with Gasteiger partial charge >= 0.3 is 5.97 Å². The van der Waals surface area contributed by atoms with Gasteiger partial charge in [-0.05, 0) is 20.8 Å². The zero-order valence-electron chi connectivity index (χ0n) is 8.33. The van der Waals surface area contributed by atoms with Gasteiger partial charge in [-0.15, -0.1) is 0 Å². The molecule has 0 rings (SSSR count). The zero-order valence-corrected chi connectivity index (χ0v) is 10.8. The first-order valence-electron chi connectivity index (χ1n) is 4.12. The standard InChI is InChI=1S/C8H16O4.Zr/c1-4-10-8(7-9,11-5-2)12-6-3;/h7H,4-6H2,1-3H3;. The average Bonchev–Trinajstić information content (AvgIpc) is 2.06. The maximum absolute atomic E-state index is 10.6. The van der Waals surface area contributed by atoms with Crippen LogP contribution in [0, 0.1) is 0 Å². The van der Waals surface area contributed by atoms with Gasteiger partial charge in [0.05, 0.1) is 19.8 Å². The Kier molecular flexibility index (Phi) is 11.0. The van der Waals surface area contributed by atoms with Crippen molar-refractivity contribution in [3.05, 3.63) is 0 Å². The van der Waals surface area contributed by atoms with E-state index in [9.17, 15) is 4.79 Å². The van der Waals surface area contributed by atoms with Gasteiger partial charge in [-0.3, -0.25) is 4.79 Å². The predicted octanol–water partition coefficient (Wildman–Crippen LogP) is 0.946. The normalized spacial score (nSPS) is 10.7. The summed E-state index contributed by atoms with van der Waals surface area (Å²) in [6, 6.07) is 0. The molecule has 0 saturated heterocycles. The Balaban J connectivity index is 0. The fourth-order valence-corrected chi connectivity index (χ4v) is 0.831. The molecule has 0 N–H and O–H groups in total. The van der Waals surface area contributed by atoms with Gasteiger partial charge in [-0.25, -0.2) is 0 Å². The molecule has 0 amide bonds. The molecule has 0 heterocycles. The van der Waals surface area contributed by atoms with Crippen LogP contribution in [0.2, 0.25) is 0 Å². The van der Waals surface area contributed by atoms with Crippen molar-refractivity contribution in [2.75, 3.05) is 19.8 Å². The largest absolute Gasteiger partial charge is 0.343 e. The van der Waals surface area contributed by atoms with Gasteiger partial charge in [-0.1, -0.05) is 0 Å². The molecular formula is C8H16O4Zr. The van der Waals surface area contributed by atoms with Gasteiger partial charge in [0.15, 0.2) is 0 Å². The minimum absolute atomic E-state index is 0. The molecule has 0 atom stereocenters. The Hall–Kier alpha value is 0.433. The van der Waals surface area contributed by atoms with E-state index < -0.39 is 5.97 Å². The van der Waals surface area contributed by atoms with Gasteiger partial charge in [0.1, 0.15) is 0 Å². The van der Waals surface area contributed by atoms with Crippen LogP contribution in [0.5, 0.6) is 0 Å². The molecule has 0 aromatic rings. The molecule has 0 radical (unpaired) electrons. The van der Waals surface area contributed by atoms with Gasteiger partial charge in [0, 0.05) is 26.2 Å². The third kappa shape index (κ3) is 5.68. The third-order valence-corrected chi connectivity index (χ3v) is 1.18. The second-order valence-electron chi connectivity index (χ2n) is 2.02. The van der Waals surface area contributed by atoms with Crippen LogP contribution in [0.1, 0.15) is 20.8 Å². The van der Waals surface area contributed by atoms with Gasteiger partial charge in [0.2, 0.25) is 6.29 Å². The van der Waals surface area contributed by atoms with Crippen molar-refractivity contribution in [2.45, 2.75) is 26.7 Å². The summed E-state index contributed by atoms with van der Waals surface area (Å²) in [5, 5.41) is 0. The Morgan fingerprint density at radius 3 is 1.46 bits per heavy atom. The summed E-state index contributed by atoms with van der Waals surface area (Å²) in [5.74, 6) is -1.49. The first-order chi connectivity index (χ1) is 5.74. The van der Waals surface area contributed by atoms with Gasteiger partial charge < -0.3 is 14.2 Å². The maximum Gasteiger partial charge on any atom is 0.343 e. The van der Waals surface area contributed by atoms with E-state index in [0.29, 0.717) is 26.1 Å². The van der Waals surface area contributed by atoms with E-state index in [0.717, 1.165) is 0 Å². The molecular weight excluding hydrogens is 251 g/mol.